The zero-order valence-corrected chi connectivity index (χ0v) is 21.0. The number of carbonyl (C=O) groups is 1. The summed E-state index contributed by atoms with van der Waals surface area (Å²) >= 11 is 3.09. The first kappa shape index (κ1) is 23.1. The zero-order chi connectivity index (χ0) is 23.5. The maximum Gasteiger partial charge on any atom is 0.230 e. The maximum atomic E-state index is 12.6. The molecule has 0 saturated heterocycles. The van der Waals surface area contributed by atoms with Gasteiger partial charge in [-0.3, -0.25) is 14.3 Å². The van der Waals surface area contributed by atoms with Gasteiger partial charge in [0, 0.05) is 36.5 Å². The first-order valence-corrected chi connectivity index (χ1v) is 12.4. The third kappa shape index (κ3) is 4.96. The molecule has 0 radical (unpaired) electrons. The van der Waals surface area contributed by atoms with E-state index in [1.807, 2.05) is 54.3 Å². The van der Waals surface area contributed by atoms with Gasteiger partial charge in [-0.2, -0.15) is 0 Å². The lowest BCUT2D eigenvalue weighted by atomic mass is 10.0. The second kappa shape index (κ2) is 9.80. The number of thiazole rings is 1. The Kier molecular flexibility index (Phi) is 6.85. The molecule has 2 heterocycles. The van der Waals surface area contributed by atoms with Crippen LogP contribution in [0.3, 0.4) is 0 Å². The number of hydrogen-bond donors (Lipinski definition) is 0. The molecule has 0 bridgehead atoms. The fourth-order valence-corrected chi connectivity index (χ4v) is 5.71. The number of amides is 1. The van der Waals surface area contributed by atoms with Gasteiger partial charge in [-0.25, -0.2) is 9.97 Å². The Labute approximate surface area is 202 Å². The Hall–Kier alpha value is -3.10. The number of benzene rings is 2. The molecule has 0 aliphatic rings. The number of anilines is 2. The minimum atomic E-state index is -0.0489. The van der Waals surface area contributed by atoms with E-state index in [9.17, 15) is 4.79 Å². The second-order valence-electron chi connectivity index (χ2n) is 7.79. The van der Waals surface area contributed by atoms with E-state index in [0.717, 1.165) is 39.1 Å². The van der Waals surface area contributed by atoms with Crippen molar-refractivity contribution in [2.45, 2.75) is 38.6 Å². The van der Waals surface area contributed by atoms with Crippen LogP contribution in [0.25, 0.3) is 5.69 Å². The zero-order valence-electron chi connectivity index (χ0n) is 19.3. The maximum absolute atomic E-state index is 12.6. The molecule has 8 heteroatoms. The number of carbonyl (C=O) groups excluding carboxylic acids is 1. The van der Waals surface area contributed by atoms with Crippen LogP contribution in [0.1, 0.15) is 29.3 Å². The van der Waals surface area contributed by atoms with E-state index in [-0.39, 0.29) is 5.91 Å². The summed E-state index contributed by atoms with van der Waals surface area (Å²) in [5, 5.41) is 3.56. The molecule has 0 fully saturated rings. The fraction of sp³-hybridized carbons (Fsp3) is 0.240. The van der Waals surface area contributed by atoms with Crippen LogP contribution in [0, 0.1) is 20.8 Å². The average Bonchev–Trinajstić information content (AvgIpc) is 3.44. The summed E-state index contributed by atoms with van der Waals surface area (Å²) in [6, 6.07) is 12.1. The highest BCUT2D eigenvalue weighted by Gasteiger charge is 2.22. The highest BCUT2D eigenvalue weighted by atomic mass is 32.2. The summed E-state index contributed by atoms with van der Waals surface area (Å²) in [5.74, 6) is 1.40. The van der Waals surface area contributed by atoms with Crippen molar-refractivity contribution in [3.8, 4) is 11.4 Å². The van der Waals surface area contributed by atoms with Gasteiger partial charge in [-0.05, 0) is 44.0 Å². The van der Waals surface area contributed by atoms with E-state index >= 15 is 0 Å². The molecule has 4 aromatic rings. The van der Waals surface area contributed by atoms with Gasteiger partial charge in [0.15, 0.2) is 10.3 Å². The lowest BCUT2D eigenvalue weighted by Gasteiger charge is -2.23. The number of aryl methyl sites for hydroxylation is 3. The van der Waals surface area contributed by atoms with Crippen LogP contribution in [0.15, 0.2) is 59.3 Å². The Morgan fingerprint density at radius 3 is 2.64 bits per heavy atom. The predicted octanol–water partition coefficient (Wildman–Crippen LogP) is 6.24. The number of hydrogen-bond acceptors (Lipinski definition) is 6. The van der Waals surface area contributed by atoms with Gasteiger partial charge in [0.25, 0.3) is 0 Å². The van der Waals surface area contributed by atoms with E-state index in [4.69, 9.17) is 9.72 Å². The molecular weight excluding hydrogens is 452 g/mol. The normalized spacial score (nSPS) is 10.9. The standard InChI is InChI=1S/C25H26N4O2S2/c1-16-11-17(2)23(18(3)12-16)29(19(4)30)25-27-20(15-33-25)14-32-24-26-9-10-28(24)21-7-6-8-22(13-21)31-5/h6-13,15H,14H2,1-5H3. The number of nitrogens with zero attached hydrogens (tertiary/aromatic N) is 4. The molecule has 0 N–H and O–H groups in total. The van der Waals surface area contributed by atoms with Crippen LogP contribution in [0.4, 0.5) is 10.8 Å². The molecule has 33 heavy (non-hydrogen) atoms. The van der Waals surface area contributed by atoms with Gasteiger partial charge >= 0.3 is 0 Å². The molecule has 0 saturated carbocycles. The van der Waals surface area contributed by atoms with Crippen molar-refractivity contribution in [3.63, 3.8) is 0 Å². The first-order chi connectivity index (χ1) is 15.9. The van der Waals surface area contributed by atoms with Crippen molar-refractivity contribution in [1.29, 1.82) is 0 Å². The Morgan fingerprint density at radius 1 is 1.18 bits per heavy atom. The second-order valence-corrected chi connectivity index (χ2v) is 9.57. The summed E-state index contributed by atoms with van der Waals surface area (Å²) in [6.07, 6.45) is 3.72. The number of methoxy groups -OCH3 is 1. The van der Waals surface area contributed by atoms with Crippen LogP contribution < -0.4 is 9.64 Å². The number of rotatable bonds is 7. The molecule has 0 aliphatic carbocycles. The van der Waals surface area contributed by atoms with Crippen LogP contribution in [0.2, 0.25) is 0 Å². The summed E-state index contributed by atoms with van der Waals surface area (Å²) < 4.78 is 7.37. The molecule has 170 valence electrons. The molecule has 0 unspecified atom stereocenters. The quantitative estimate of drug-likeness (QED) is 0.294. The van der Waals surface area contributed by atoms with Gasteiger partial charge < -0.3 is 4.74 Å². The van der Waals surface area contributed by atoms with Crippen molar-refractivity contribution < 1.29 is 9.53 Å². The van der Waals surface area contributed by atoms with E-state index in [1.165, 1.54) is 16.9 Å². The molecular formula is C25H26N4O2S2. The first-order valence-electron chi connectivity index (χ1n) is 10.5. The van der Waals surface area contributed by atoms with Gasteiger partial charge in [0.05, 0.1) is 24.2 Å². The Bertz CT molecular complexity index is 1270. The molecule has 2 aromatic heterocycles. The van der Waals surface area contributed by atoms with E-state index in [1.54, 1.807) is 36.9 Å². The smallest absolute Gasteiger partial charge is 0.230 e. The largest absolute Gasteiger partial charge is 0.497 e. The predicted molar refractivity (Wildman–Crippen MR) is 135 cm³/mol. The summed E-state index contributed by atoms with van der Waals surface area (Å²) in [5.41, 5.74) is 6.12. The van der Waals surface area contributed by atoms with Gasteiger partial charge in [-0.1, -0.05) is 35.5 Å². The monoisotopic (exact) mass is 478 g/mol. The average molecular weight is 479 g/mol. The van der Waals surface area contributed by atoms with E-state index in [0.29, 0.717) is 10.9 Å². The molecule has 0 atom stereocenters. The fourth-order valence-electron chi connectivity index (χ4n) is 3.87. The van der Waals surface area contributed by atoms with Crippen molar-refractivity contribution >= 4 is 39.8 Å². The van der Waals surface area contributed by atoms with Gasteiger partial charge in [0.2, 0.25) is 5.91 Å². The minimum Gasteiger partial charge on any atom is -0.497 e. The lowest BCUT2D eigenvalue weighted by molar-refractivity contribution is -0.115. The lowest BCUT2D eigenvalue weighted by Crippen LogP contribution is -2.24. The third-order valence-corrected chi connectivity index (χ3v) is 7.07. The summed E-state index contributed by atoms with van der Waals surface area (Å²) in [6.45, 7) is 7.72. The molecule has 6 nitrogen and oxygen atoms in total. The van der Waals surface area contributed by atoms with Crippen molar-refractivity contribution in [1.82, 2.24) is 14.5 Å². The van der Waals surface area contributed by atoms with Crippen LogP contribution in [0.5, 0.6) is 5.75 Å². The SMILES string of the molecule is COc1cccc(-n2ccnc2SCc2csc(N(C(C)=O)c3c(C)cc(C)cc3C)n2)c1. The number of ether oxygens (including phenoxy) is 1. The highest BCUT2D eigenvalue weighted by Crippen LogP contribution is 2.35. The van der Waals surface area contributed by atoms with Gasteiger partial charge in [0.1, 0.15) is 5.75 Å². The molecule has 0 aliphatic heterocycles. The molecule has 1 amide bonds. The highest BCUT2D eigenvalue weighted by molar-refractivity contribution is 7.98. The van der Waals surface area contributed by atoms with E-state index in [2.05, 4.69) is 24.0 Å². The number of thioether (sulfide) groups is 1. The van der Waals surface area contributed by atoms with E-state index < -0.39 is 0 Å². The molecule has 4 rings (SSSR count). The molecule has 0 spiro atoms. The summed E-state index contributed by atoms with van der Waals surface area (Å²) in [7, 11) is 1.66. The molecule has 2 aromatic carbocycles. The van der Waals surface area contributed by atoms with Crippen LogP contribution in [-0.4, -0.2) is 27.6 Å². The Morgan fingerprint density at radius 2 is 1.94 bits per heavy atom. The van der Waals surface area contributed by atoms with Gasteiger partial charge in [-0.15, -0.1) is 11.3 Å². The van der Waals surface area contributed by atoms with Crippen LogP contribution >= 0.6 is 23.1 Å². The number of imidazole rings is 1. The van der Waals surface area contributed by atoms with Crippen molar-refractivity contribution in [2.24, 2.45) is 0 Å². The van der Waals surface area contributed by atoms with Crippen molar-refractivity contribution in [2.75, 3.05) is 12.0 Å². The third-order valence-electron chi connectivity index (χ3n) is 5.19. The summed E-state index contributed by atoms with van der Waals surface area (Å²) in [4.78, 5) is 23.6. The van der Waals surface area contributed by atoms with Crippen molar-refractivity contribution in [3.05, 3.63) is 76.6 Å². The van der Waals surface area contributed by atoms with Crippen LogP contribution in [-0.2, 0) is 10.5 Å². The number of aromatic nitrogens is 3. The minimum absolute atomic E-state index is 0.0489. The Balaban J connectivity index is 1.55. The topological polar surface area (TPSA) is 60.2 Å².